The molecule has 1 N–H and O–H groups in total. The molecule has 1 aromatic carbocycles. The summed E-state index contributed by atoms with van der Waals surface area (Å²) < 4.78 is 18.8. The Bertz CT molecular complexity index is 450. The van der Waals surface area contributed by atoms with E-state index >= 15 is 0 Å². The zero-order chi connectivity index (χ0) is 13.1. The Labute approximate surface area is 105 Å². The minimum Gasteiger partial charge on any atom is -0.494 e. The lowest BCUT2D eigenvalue weighted by Crippen LogP contribution is -2.25. The Kier molecular flexibility index (Phi) is 3.81. The van der Waals surface area contributed by atoms with E-state index < -0.39 is 5.82 Å². The van der Waals surface area contributed by atoms with Gasteiger partial charge in [-0.05, 0) is 6.07 Å². The molecule has 0 aliphatic carbocycles. The molecule has 0 saturated carbocycles. The molecule has 0 spiro atoms. The number of aliphatic hydroxyl groups excluding tert-OH is 1. The maximum atomic E-state index is 13.9. The number of rotatable bonds is 4. The van der Waals surface area contributed by atoms with Crippen LogP contribution in [0.5, 0.6) is 5.75 Å². The standard InChI is InChI=1S/C13H16FNO3/c1-18-11-4-2-3-10(13(11)14)7-15-6-9(8-16)5-12(15)17/h2-4,9,16H,5-8H2,1H3. The number of amides is 1. The van der Waals surface area contributed by atoms with Gasteiger partial charge in [0.25, 0.3) is 0 Å². The molecule has 1 atom stereocenters. The third kappa shape index (κ3) is 2.46. The number of carbonyl (C=O) groups is 1. The van der Waals surface area contributed by atoms with E-state index in [-0.39, 0.29) is 30.7 Å². The first-order valence-corrected chi connectivity index (χ1v) is 5.85. The van der Waals surface area contributed by atoms with E-state index in [4.69, 9.17) is 9.84 Å². The Hall–Kier alpha value is -1.62. The second-order valence-electron chi connectivity index (χ2n) is 4.46. The number of methoxy groups -OCH3 is 1. The predicted octanol–water partition coefficient (Wildman–Crippen LogP) is 1.18. The summed E-state index contributed by atoms with van der Waals surface area (Å²) in [6.07, 6.45) is 0.335. The largest absolute Gasteiger partial charge is 0.494 e. The molecular formula is C13H16FNO3. The first-order valence-electron chi connectivity index (χ1n) is 5.85. The Morgan fingerprint density at radius 1 is 1.56 bits per heavy atom. The Morgan fingerprint density at radius 3 is 2.94 bits per heavy atom. The van der Waals surface area contributed by atoms with Gasteiger partial charge in [0.05, 0.1) is 7.11 Å². The zero-order valence-corrected chi connectivity index (χ0v) is 10.2. The van der Waals surface area contributed by atoms with Crippen LogP contribution in [-0.2, 0) is 11.3 Å². The minimum absolute atomic E-state index is 0.0111. The average Bonchev–Trinajstić information content (AvgIpc) is 2.73. The topological polar surface area (TPSA) is 49.8 Å². The van der Waals surface area contributed by atoms with Crippen LogP contribution >= 0.6 is 0 Å². The lowest BCUT2D eigenvalue weighted by atomic mass is 10.1. The minimum atomic E-state index is -0.430. The van der Waals surface area contributed by atoms with Crippen LogP contribution in [0.15, 0.2) is 18.2 Å². The molecule has 1 aromatic rings. The second kappa shape index (κ2) is 5.35. The molecule has 18 heavy (non-hydrogen) atoms. The summed E-state index contributed by atoms with van der Waals surface area (Å²) >= 11 is 0. The van der Waals surface area contributed by atoms with Gasteiger partial charge in [-0.25, -0.2) is 4.39 Å². The number of nitrogens with zero attached hydrogens (tertiary/aromatic N) is 1. The maximum absolute atomic E-state index is 13.9. The number of carbonyl (C=O) groups excluding carboxylic acids is 1. The number of hydrogen-bond acceptors (Lipinski definition) is 3. The Balaban J connectivity index is 2.12. The van der Waals surface area contributed by atoms with Crippen molar-refractivity contribution in [3.05, 3.63) is 29.6 Å². The molecule has 1 aliphatic rings. The summed E-state index contributed by atoms with van der Waals surface area (Å²) in [4.78, 5) is 13.2. The summed E-state index contributed by atoms with van der Waals surface area (Å²) in [5.41, 5.74) is 0.432. The van der Waals surface area contributed by atoms with Crippen molar-refractivity contribution < 1.29 is 19.0 Å². The molecule has 4 nitrogen and oxygen atoms in total. The first kappa shape index (κ1) is 12.8. The number of hydrogen-bond donors (Lipinski definition) is 1. The van der Waals surface area contributed by atoms with Crippen molar-refractivity contribution in [1.82, 2.24) is 4.90 Å². The molecule has 1 fully saturated rings. The maximum Gasteiger partial charge on any atom is 0.223 e. The van der Waals surface area contributed by atoms with Gasteiger partial charge in [-0.1, -0.05) is 12.1 Å². The summed E-state index contributed by atoms with van der Waals surface area (Å²) in [5.74, 6) is -0.333. The van der Waals surface area contributed by atoms with E-state index in [1.165, 1.54) is 7.11 Å². The van der Waals surface area contributed by atoms with Crippen molar-refractivity contribution in [2.75, 3.05) is 20.3 Å². The van der Waals surface area contributed by atoms with Gasteiger partial charge >= 0.3 is 0 Å². The van der Waals surface area contributed by atoms with Gasteiger partial charge in [-0.15, -0.1) is 0 Å². The van der Waals surface area contributed by atoms with Gasteiger partial charge < -0.3 is 14.7 Å². The third-order valence-corrected chi connectivity index (χ3v) is 3.18. The van der Waals surface area contributed by atoms with Gasteiger partial charge in [0.2, 0.25) is 5.91 Å². The van der Waals surface area contributed by atoms with Crippen LogP contribution in [0.2, 0.25) is 0 Å². The molecule has 1 unspecified atom stereocenters. The fourth-order valence-electron chi connectivity index (χ4n) is 2.17. The summed E-state index contributed by atoms with van der Waals surface area (Å²) in [5, 5.41) is 9.03. The molecule has 0 bridgehead atoms. The van der Waals surface area contributed by atoms with Crippen LogP contribution in [-0.4, -0.2) is 36.2 Å². The first-order chi connectivity index (χ1) is 8.65. The number of benzene rings is 1. The highest BCUT2D eigenvalue weighted by molar-refractivity contribution is 5.78. The van der Waals surface area contributed by atoms with E-state index in [0.29, 0.717) is 18.5 Å². The number of ether oxygens (including phenoxy) is 1. The van der Waals surface area contributed by atoms with Gasteiger partial charge in [-0.2, -0.15) is 0 Å². The van der Waals surface area contributed by atoms with Crippen molar-refractivity contribution in [1.29, 1.82) is 0 Å². The number of halogens is 1. The average molecular weight is 253 g/mol. The van der Waals surface area contributed by atoms with Crippen molar-refractivity contribution in [3.8, 4) is 5.75 Å². The van der Waals surface area contributed by atoms with Crippen LogP contribution in [0.4, 0.5) is 4.39 Å². The van der Waals surface area contributed by atoms with Crippen molar-refractivity contribution >= 4 is 5.91 Å². The molecule has 1 amide bonds. The van der Waals surface area contributed by atoms with Crippen molar-refractivity contribution in [2.45, 2.75) is 13.0 Å². The van der Waals surface area contributed by atoms with Crippen LogP contribution < -0.4 is 4.74 Å². The molecule has 98 valence electrons. The highest BCUT2D eigenvalue weighted by atomic mass is 19.1. The second-order valence-corrected chi connectivity index (χ2v) is 4.46. The van der Waals surface area contributed by atoms with Crippen molar-refractivity contribution in [2.24, 2.45) is 5.92 Å². The SMILES string of the molecule is COc1cccc(CN2CC(CO)CC2=O)c1F. The van der Waals surface area contributed by atoms with Crippen molar-refractivity contribution in [3.63, 3.8) is 0 Å². The molecule has 1 aliphatic heterocycles. The quantitative estimate of drug-likeness (QED) is 0.876. The zero-order valence-electron chi connectivity index (χ0n) is 10.2. The lowest BCUT2D eigenvalue weighted by molar-refractivity contribution is -0.128. The van der Waals surface area contributed by atoms with Crippen LogP contribution in [0.25, 0.3) is 0 Å². The van der Waals surface area contributed by atoms with E-state index in [0.717, 1.165) is 0 Å². The smallest absolute Gasteiger partial charge is 0.223 e. The number of likely N-dealkylation sites (tertiary alicyclic amines) is 1. The molecule has 1 heterocycles. The van der Waals surface area contributed by atoms with E-state index in [1.807, 2.05) is 0 Å². The fourth-order valence-corrected chi connectivity index (χ4v) is 2.17. The summed E-state index contributed by atoms with van der Waals surface area (Å²) in [6.45, 7) is 0.688. The van der Waals surface area contributed by atoms with Gasteiger partial charge in [-0.3, -0.25) is 4.79 Å². The monoisotopic (exact) mass is 253 g/mol. The van der Waals surface area contributed by atoms with E-state index in [1.54, 1.807) is 23.1 Å². The van der Waals surface area contributed by atoms with Crippen LogP contribution in [0, 0.1) is 11.7 Å². The van der Waals surface area contributed by atoms with E-state index in [9.17, 15) is 9.18 Å². The van der Waals surface area contributed by atoms with Gasteiger partial charge in [0, 0.05) is 37.6 Å². The van der Waals surface area contributed by atoms with Crippen LogP contribution in [0.3, 0.4) is 0 Å². The molecule has 2 rings (SSSR count). The highest BCUT2D eigenvalue weighted by Gasteiger charge is 2.29. The molecular weight excluding hydrogens is 237 g/mol. The highest BCUT2D eigenvalue weighted by Crippen LogP contribution is 2.24. The van der Waals surface area contributed by atoms with Gasteiger partial charge in [0.15, 0.2) is 11.6 Å². The number of aliphatic hydroxyl groups is 1. The Morgan fingerprint density at radius 2 is 2.33 bits per heavy atom. The van der Waals surface area contributed by atoms with Crippen LogP contribution in [0.1, 0.15) is 12.0 Å². The normalized spacial score (nSPS) is 19.4. The molecule has 0 radical (unpaired) electrons. The van der Waals surface area contributed by atoms with E-state index in [2.05, 4.69) is 0 Å². The van der Waals surface area contributed by atoms with Gasteiger partial charge in [0.1, 0.15) is 0 Å². The third-order valence-electron chi connectivity index (χ3n) is 3.18. The predicted molar refractivity (Wildman–Crippen MR) is 63.6 cm³/mol. The summed E-state index contributed by atoms with van der Waals surface area (Å²) in [6, 6.07) is 4.87. The molecule has 5 heteroatoms. The summed E-state index contributed by atoms with van der Waals surface area (Å²) in [7, 11) is 1.41. The fraction of sp³-hybridized carbons (Fsp3) is 0.462. The molecule has 0 aromatic heterocycles. The molecule has 1 saturated heterocycles. The lowest BCUT2D eigenvalue weighted by Gasteiger charge is -2.17.